The van der Waals surface area contributed by atoms with Crippen molar-refractivity contribution >= 4 is 33.4 Å². The molecule has 0 aliphatic heterocycles. The highest BCUT2D eigenvalue weighted by Crippen LogP contribution is 2.56. The predicted molar refractivity (Wildman–Crippen MR) is 91.5 cm³/mol. The summed E-state index contributed by atoms with van der Waals surface area (Å²) in [5.41, 5.74) is -0.275. The van der Waals surface area contributed by atoms with E-state index < -0.39 is 23.3 Å². The first-order chi connectivity index (χ1) is 11.6. The molecule has 120 valence electrons. The van der Waals surface area contributed by atoms with E-state index >= 15 is 0 Å². The molecule has 1 aromatic heterocycles. The normalized spacial score (nSPS) is 18.4. The zero-order chi connectivity index (χ0) is 16.9. The Morgan fingerprint density at radius 1 is 0.958 bits per heavy atom. The molecule has 2 aromatic carbocycles. The maximum Gasteiger partial charge on any atom is 0.322 e. The van der Waals surface area contributed by atoms with Crippen molar-refractivity contribution in [2.75, 3.05) is 0 Å². The Labute approximate surface area is 142 Å². The van der Waals surface area contributed by atoms with E-state index in [0.29, 0.717) is 0 Å². The van der Waals surface area contributed by atoms with Crippen LogP contribution in [0.4, 0.5) is 0 Å². The van der Waals surface area contributed by atoms with E-state index in [1.165, 1.54) is 11.3 Å². The number of carboxylic acids is 2. The Morgan fingerprint density at radius 2 is 1.58 bits per heavy atom. The SMILES string of the molecule is O=C(O)C1(C(=O)O)Cc2sc3ccccc3c2C1c1ccccc1. The minimum Gasteiger partial charge on any atom is -0.480 e. The van der Waals surface area contributed by atoms with E-state index in [0.717, 1.165) is 26.1 Å². The Hall–Kier alpha value is -2.66. The number of thiophene rings is 1. The van der Waals surface area contributed by atoms with E-state index in [4.69, 9.17) is 0 Å². The third kappa shape index (κ3) is 1.85. The Balaban J connectivity index is 2.06. The third-order valence-electron chi connectivity index (χ3n) is 4.83. The maximum absolute atomic E-state index is 12.1. The van der Waals surface area contributed by atoms with Crippen LogP contribution in [0.25, 0.3) is 10.1 Å². The zero-order valence-electron chi connectivity index (χ0n) is 12.6. The Kier molecular flexibility index (Phi) is 3.21. The number of hydrogen-bond donors (Lipinski definition) is 2. The van der Waals surface area contributed by atoms with Gasteiger partial charge in [0.2, 0.25) is 0 Å². The van der Waals surface area contributed by atoms with Gasteiger partial charge in [-0.1, -0.05) is 48.5 Å². The number of rotatable bonds is 3. The van der Waals surface area contributed by atoms with Crippen LogP contribution in [-0.2, 0) is 16.0 Å². The van der Waals surface area contributed by atoms with Crippen LogP contribution in [0, 0.1) is 5.41 Å². The molecule has 0 saturated carbocycles. The lowest BCUT2D eigenvalue weighted by molar-refractivity contribution is -0.165. The number of carboxylic acid groups (broad SMARTS) is 2. The van der Waals surface area contributed by atoms with Gasteiger partial charge in [-0.3, -0.25) is 9.59 Å². The zero-order valence-corrected chi connectivity index (χ0v) is 13.4. The average Bonchev–Trinajstić information content (AvgIpc) is 3.09. The van der Waals surface area contributed by atoms with Crippen LogP contribution in [0.2, 0.25) is 0 Å². The molecular formula is C19H14O4S. The molecule has 0 spiro atoms. The van der Waals surface area contributed by atoms with Crippen molar-refractivity contribution in [3.8, 4) is 0 Å². The molecule has 3 aromatic rings. The highest BCUT2D eigenvalue weighted by Gasteiger charge is 2.59. The summed E-state index contributed by atoms with van der Waals surface area (Å²) in [5, 5.41) is 20.7. The monoisotopic (exact) mass is 338 g/mol. The van der Waals surface area contributed by atoms with Crippen LogP contribution in [0.1, 0.15) is 21.9 Å². The lowest BCUT2D eigenvalue weighted by atomic mass is 9.72. The second kappa shape index (κ2) is 5.18. The molecule has 0 bridgehead atoms. The van der Waals surface area contributed by atoms with E-state index in [9.17, 15) is 19.8 Å². The first-order valence-electron chi connectivity index (χ1n) is 7.57. The molecule has 0 fully saturated rings. The van der Waals surface area contributed by atoms with E-state index in [1.807, 2.05) is 54.6 Å². The molecular weight excluding hydrogens is 324 g/mol. The van der Waals surface area contributed by atoms with Gasteiger partial charge in [-0.05, 0) is 22.6 Å². The van der Waals surface area contributed by atoms with Crippen LogP contribution in [0.3, 0.4) is 0 Å². The van der Waals surface area contributed by atoms with Gasteiger partial charge >= 0.3 is 11.9 Å². The van der Waals surface area contributed by atoms with Crippen molar-refractivity contribution in [1.82, 2.24) is 0 Å². The molecule has 0 radical (unpaired) electrons. The van der Waals surface area contributed by atoms with Gasteiger partial charge < -0.3 is 10.2 Å². The molecule has 5 heteroatoms. The molecule has 2 N–H and O–H groups in total. The summed E-state index contributed by atoms with van der Waals surface area (Å²) in [6.07, 6.45) is 0.0197. The summed E-state index contributed by atoms with van der Waals surface area (Å²) in [7, 11) is 0. The smallest absolute Gasteiger partial charge is 0.322 e. The fourth-order valence-corrected chi connectivity index (χ4v) is 5.09. The van der Waals surface area contributed by atoms with Gasteiger partial charge in [0.05, 0.1) is 0 Å². The lowest BCUT2D eigenvalue weighted by Crippen LogP contribution is -2.43. The van der Waals surface area contributed by atoms with Crippen molar-refractivity contribution in [2.24, 2.45) is 5.41 Å². The standard InChI is InChI=1S/C19H14O4S/c20-17(21)19(18(22)23)10-14-15(12-8-4-5-9-13(12)24-14)16(19)11-6-2-1-3-7-11/h1-9,16H,10H2,(H,20,21)(H,22,23). The van der Waals surface area contributed by atoms with E-state index in [1.54, 1.807) is 0 Å². The summed E-state index contributed by atoms with van der Waals surface area (Å²) in [4.78, 5) is 25.0. The lowest BCUT2D eigenvalue weighted by Gasteiger charge is -2.28. The van der Waals surface area contributed by atoms with Gasteiger partial charge in [0, 0.05) is 21.9 Å². The highest BCUT2D eigenvalue weighted by molar-refractivity contribution is 7.19. The van der Waals surface area contributed by atoms with Gasteiger partial charge in [-0.2, -0.15) is 0 Å². The van der Waals surface area contributed by atoms with Gasteiger partial charge in [0.1, 0.15) is 0 Å². The molecule has 1 heterocycles. The minimum absolute atomic E-state index is 0.0197. The van der Waals surface area contributed by atoms with Crippen LogP contribution in [-0.4, -0.2) is 22.2 Å². The van der Waals surface area contributed by atoms with Gasteiger partial charge in [0.25, 0.3) is 0 Å². The molecule has 4 nitrogen and oxygen atoms in total. The van der Waals surface area contributed by atoms with Crippen LogP contribution in [0.5, 0.6) is 0 Å². The van der Waals surface area contributed by atoms with Crippen LogP contribution < -0.4 is 0 Å². The van der Waals surface area contributed by atoms with E-state index in [2.05, 4.69) is 0 Å². The van der Waals surface area contributed by atoms with Crippen LogP contribution in [0.15, 0.2) is 54.6 Å². The number of aliphatic carboxylic acids is 2. The number of fused-ring (bicyclic) bond motifs is 3. The summed E-state index contributed by atoms with van der Waals surface area (Å²) < 4.78 is 1.06. The molecule has 1 aliphatic carbocycles. The molecule has 24 heavy (non-hydrogen) atoms. The predicted octanol–water partition coefficient (Wildman–Crippen LogP) is 3.74. The van der Waals surface area contributed by atoms with Crippen LogP contribution >= 0.6 is 11.3 Å². The number of carbonyl (C=O) groups is 2. The summed E-state index contributed by atoms with van der Waals surface area (Å²) in [6, 6.07) is 16.9. The molecule has 1 atom stereocenters. The molecule has 0 saturated heterocycles. The third-order valence-corrected chi connectivity index (χ3v) is 6.01. The fourth-order valence-electron chi connectivity index (χ4n) is 3.75. The van der Waals surface area contributed by atoms with Crippen molar-refractivity contribution < 1.29 is 19.8 Å². The van der Waals surface area contributed by atoms with Gasteiger partial charge in [-0.25, -0.2) is 0 Å². The first kappa shape index (κ1) is 14.9. The molecule has 1 aliphatic rings. The Morgan fingerprint density at radius 3 is 2.25 bits per heavy atom. The highest BCUT2D eigenvalue weighted by atomic mass is 32.1. The van der Waals surface area contributed by atoms with E-state index in [-0.39, 0.29) is 6.42 Å². The summed E-state index contributed by atoms with van der Waals surface area (Å²) in [5.74, 6) is -3.26. The van der Waals surface area contributed by atoms with Crippen molar-refractivity contribution in [3.63, 3.8) is 0 Å². The summed E-state index contributed by atoms with van der Waals surface area (Å²) >= 11 is 1.50. The van der Waals surface area contributed by atoms with Gasteiger partial charge in [0.15, 0.2) is 5.41 Å². The first-order valence-corrected chi connectivity index (χ1v) is 8.39. The van der Waals surface area contributed by atoms with Crippen molar-refractivity contribution in [1.29, 1.82) is 0 Å². The van der Waals surface area contributed by atoms with Crippen molar-refractivity contribution in [3.05, 3.63) is 70.6 Å². The second-order valence-electron chi connectivity index (χ2n) is 6.04. The molecule has 4 rings (SSSR count). The largest absolute Gasteiger partial charge is 0.480 e. The molecule has 0 amide bonds. The van der Waals surface area contributed by atoms with Gasteiger partial charge in [-0.15, -0.1) is 11.3 Å². The van der Waals surface area contributed by atoms with Crippen molar-refractivity contribution in [2.45, 2.75) is 12.3 Å². The minimum atomic E-state index is -1.85. The topological polar surface area (TPSA) is 74.6 Å². The quantitative estimate of drug-likeness (QED) is 0.713. The number of benzene rings is 2. The number of hydrogen-bond acceptors (Lipinski definition) is 3. The fraction of sp³-hybridized carbons (Fsp3) is 0.158. The maximum atomic E-state index is 12.1. The average molecular weight is 338 g/mol. The summed E-state index contributed by atoms with van der Waals surface area (Å²) in [6.45, 7) is 0. The second-order valence-corrected chi connectivity index (χ2v) is 7.17. The Bertz CT molecular complexity index is 944. The molecule has 1 unspecified atom stereocenters.